The van der Waals surface area contributed by atoms with E-state index in [1.54, 1.807) is 7.11 Å². The lowest BCUT2D eigenvalue weighted by atomic mass is 10.1. The third kappa shape index (κ3) is 3.35. The highest BCUT2D eigenvalue weighted by atomic mass is 16.6. The Bertz CT molecular complexity index is 984. The molecule has 2 N–H and O–H groups in total. The molecule has 0 unspecified atom stereocenters. The van der Waals surface area contributed by atoms with E-state index in [1.165, 1.54) is 12.1 Å². The number of non-ortho nitro benzene ring substituents is 1. The van der Waals surface area contributed by atoms with Crippen molar-refractivity contribution >= 4 is 33.8 Å². The number of carboxylic acid groups (broad SMARTS) is 1. The normalized spacial score (nSPS) is 10.4. The van der Waals surface area contributed by atoms with E-state index in [0.29, 0.717) is 11.4 Å². The maximum absolute atomic E-state index is 11.4. The van der Waals surface area contributed by atoms with Crippen LogP contribution >= 0.6 is 0 Å². The standard InChI is InChI=1S/C18H14N2O5/c1-25-15-6-3-11-2-4-13(8-12(11)9-15)19-17-7-5-14(20(23)24)10-16(17)18(21)22/h2-10,19H,1H3,(H,21,22). The fraction of sp³-hybridized carbons (Fsp3) is 0.0556. The summed E-state index contributed by atoms with van der Waals surface area (Å²) in [5.41, 5.74) is 0.503. The van der Waals surface area contributed by atoms with Gasteiger partial charge in [-0.2, -0.15) is 0 Å². The number of hydrogen-bond acceptors (Lipinski definition) is 5. The molecule has 0 aliphatic heterocycles. The Balaban J connectivity index is 2.00. The zero-order valence-electron chi connectivity index (χ0n) is 13.2. The molecule has 0 radical (unpaired) electrons. The van der Waals surface area contributed by atoms with Crippen LogP contribution in [0.1, 0.15) is 10.4 Å². The Morgan fingerprint density at radius 1 is 1.08 bits per heavy atom. The van der Waals surface area contributed by atoms with Crippen LogP contribution in [0.25, 0.3) is 10.8 Å². The molecule has 0 heterocycles. The van der Waals surface area contributed by atoms with Crippen molar-refractivity contribution in [2.24, 2.45) is 0 Å². The van der Waals surface area contributed by atoms with E-state index in [1.807, 2.05) is 36.4 Å². The quantitative estimate of drug-likeness (QED) is 0.534. The molecule has 0 saturated carbocycles. The summed E-state index contributed by atoms with van der Waals surface area (Å²) < 4.78 is 5.20. The number of fused-ring (bicyclic) bond motifs is 1. The van der Waals surface area contributed by atoms with Gasteiger partial charge in [0.25, 0.3) is 5.69 Å². The molecule has 0 saturated heterocycles. The fourth-order valence-electron chi connectivity index (χ4n) is 2.52. The molecule has 3 aromatic rings. The van der Waals surface area contributed by atoms with Crippen molar-refractivity contribution in [1.29, 1.82) is 0 Å². The third-order valence-electron chi connectivity index (χ3n) is 3.77. The van der Waals surface area contributed by atoms with Gasteiger partial charge in [0.2, 0.25) is 0 Å². The molecule has 126 valence electrons. The second-order valence-corrected chi connectivity index (χ2v) is 5.35. The molecule has 0 aromatic heterocycles. The summed E-state index contributed by atoms with van der Waals surface area (Å²) >= 11 is 0. The van der Waals surface area contributed by atoms with Crippen LogP contribution in [0.2, 0.25) is 0 Å². The predicted molar refractivity (Wildman–Crippen MR) is 93.8 cm³/mol. The molecule has 7 heteroatoms. The van der Waals surface area contributed by atoms with Gasteiger partial charge >= 0.3 is 5.97 Å². The molecule has 3 rings (SSSR count). The third-order valence-corrected chi connectivity index (χ3v) is 3.77. The van der Waals surface area contributed by atoms with Crippen LogP contribution in [-0.4, -0.2) is 23.1 Å². The Morgan fingerprint density at radius 3 is 2.52 bits per heavy atom. The summed E-state index contributed by atoms with van der Waals surface area (Å²) in [6, 6.07) is 14.9. The lowest BCUT2D eigenvalue weighted by Gasteiger charge is -2.11. The Morgan fingerprint density at radius 2 is 1.84 bits per heavy atom. The van der Waals surface area contributed by atoms with Crippen LogP contribution in [0.4, 0.5) is 17.1 Å². The monoisotopic (exact) mass is 338 g/mol. The zero-order valence-corrected chi connectivity index (χ0v) is 13.2. The fourth-order valence-corrected chi connectivity index (χ4v) is 2.52. The first-order valence-electron chi connectivity index (χ1n) is 7.34. The molecule has 3 aromatic carbocycles. The SMILES string of the molecule is COc1ccc2ccc(Nc3ccc([N+](=O)[O-])cc3C(=O)O)cc2c1. The summed E-state index contributed by atoms with van der Waals surface area (Å²) in [5, 5.41) is 25.1. The van der Waals surface area contributed by atoms with Gasteiger partial charge in [0.15, 0.2) is 0 Å². The molecular formula is C18H14N2O5. The molecule has 0 fully saturated rings. The van der Waals surface area contributed by atoms with Crippen molar-refractivity contribution in [2.75, 3.05) is 12.4 Å². The molecule has 7 nitrogen and oxygen atoms in total. The Kier molecular flexibility index (Phi) is 4.21. The van der Waals surface area contributed by atoms with E-state index in [-0.39, 0.29) is 16.9 Å². The van der Waals surface area contributed by atoms with Crippen LogP contribution in [0.5, 0.6) is 5.75 Å². The number of nitrogens with zero attached hydrogens (tertiary/aromatic N) is 1. The first-order valence-corrected chi connectivity index (χ1v) is 7.34. The molecule has 0 atom stereocenters. The minimum Gasteiger partial charge on any atom is -0.497 e. The van der Waals surface area contributed by atoms with Crippen LogP contribution in [0.15, 0.2) is 54.6 Å². The number of methoxy groups -OCH3 is 1. The highest BCUT2D eigenvalue weighted by molar-refractivity contribution is 5.96. The van der Waals surface area contributed by atoms with Crippen LogP contribution in [-0.2, 0) is 0 Å². The average molecular weight is 338 g/mol. The maximum atomic E-state index is 11.4. The number of hydrogen-bond donors (Lipinski definition) is 2. The van der Waals surface area contributed by atoms with Gasteiger partial charge in [0.1, 0.15) is 5.75 Å². The first kappa shape index (κ1) is 16.3. The maximum Gasteiger partial charge on any atom is 0.338 e. The van der Waals surface area contributed by atoms with E-state index in [2.05, 4.69) is 5.32 Å². The second-order valence-electron chi connectivity index (χ2n) is 5.35. The van der Waals surface area contributed by atoms with Crippen molar-refractivity contribution in [1.82, 2.24) is 0 Å². The topological polar surface area (TPSA) is 102 Å². The van der Waals surface area contributed by atoms with Gasteiger partial charge in [-0.25, -0.2) is 4.79 Å². The van der Waals surface area contributed by atoms with Crippen molar-refractivity contribution in [3.8, 4) is 5.75 Å². The summed E-state index contributed by atoms with van der Waals surface area (Å²) in [4.78, 5) is 21.6. The van der Waals surface area contributed by atoms with E-state index < -0.39 is 10.9 Å². The van der Waals surface area contributed by atoms with Crippen molar-refractivity contribution < 1.29 is 19.6 Å². The summed E-state index contributed by atoms with van der Waals surface area (Å²) in [7, 11) is 1.58. The lowest BCUT2D eigenvalue weighted by Crippen LogP contribution is -2.04. The second kappa shape index (κ2) is 6.48. The lowest BCUT2D eigenvalue weighted by molar-refractivity contribution is -0.384. The Labute approximate surface area is 142 Å². The number of rotatable bonds is 5. The molecule has 0 amide bonds. The van der Waals surface area contributed by atoms with Gasteiger partial charge in [-0.3, -0.25) is 10.1 Å². The molecule has 25 heavy (non-hydrogen) atoms. The average Bonchev–Trinajstić information content (AvgIpc) is 2.61. The van der Waals surface area contributed by atoms with Gasteiger partial charge in [-0.15, -0.1) is 0 Å². The number of aromatic carboxylic acids is 1. The zero-order chi connectivity index (χ0) is 18.0. The van der Waals surface area contributed by atoms with Crippen LogP contribution < -0.4 is 10.1 Å². The van der Waals surface area contributed by atoms with E-state index in [4.69, 9.17) is 4.74 Å². The van der Waals surface area contributed by atoms with Gasteiger partial charge in [-0.1, -0.05) is 12.1 Å². The highest BCUT2D eigenvalue weighted by Crippen LogP contribution is 2.28. The minimum atomic E-state index is -1.24. The Hall–Kier alpha value is -3.61. The smallest absolute Gasteiger partial charge is 0.338 e. The van der Waals surface area contributed by atoms with Crippen LogP contribution in [0, 0.1) is 10.1 Å². The van der Waals surface area contributed by atoms with Gasteiger partial charge in [-0.05, 0) is 41.1 Å². The number of ether oxygens (including phenoxy) is 1. The number of nitro groups is 1. The van der Waals surface area contributed by atoms with Crippen molar-refractivity contribution in [2.45, 2.75) is 0 Å². The molecule has 0 bridgehead atoms. The van der Waals surface area contributed by atoms with Gasteiger partial charge in [0, 0.05) is 17.8 Å². The van der Waals surface area contributed by atoms with E-state index in [0.717, 1.165) is 16.8 Å². The molecule has 0 aliphatic carbocycles. The highest BCUT2D eigenvalue weighted by Gasteiger charge is 2.16. The summed E-state index contributed by atoms with van der Waals surface area (Å²) in [6.45, 7) is 0. The first-order chi connectivity index (χ1) is 12.0. The summed E-state index contributed by atoms with van der Waals surface area (Å²) in [5.74, 6) is -0.528. The number of anilines is 2. The number of nitro benzene ring substituents is 1. The minimum absolute atomic E-state index is 0.167. The summed E-state index contributed by atoms with van der Waals surface area (Å²) in [6.07, 6.45) is 0. The number of carboxylic acids is 1. The number of nitrogens with one attached hydrogen (secondary N) is 1. The van der Waals surface area contributed by atoms with Gasteiger partial charge < -0.3 is 15.2 Å². The molecule has 0 aliphatic rings. The predicted octanol–water partition coefficient (Wildman–Crippen LogP) is 4.20. The molecular weight excluding hydrogens is 324 g/mol. The number of benzene rings is 3. The van der Waals surface area contributed by atoms with Gasteiger partial charge in [0.05, 0.1) is 23.3 Å². The van der Waals surface area contributed by atoms with Crippen LogP contribution in [0.3, 0.4) is 0 Å². The van der Waals surface area contributed by atoms with Crippen molar-refractivity contribution in [3.63, 3.8) is 0 Å². The number of carbonyl (C=O) groups is 1. The molecule has 0 spiro atoms. The largest absolute Gasteiger partial charge is 0.497 e. The van der Waals surface area contributed by atoms with E-state index in [9.17, 15) is 20.0 Å². The van der Waals surface area contributed by atoms with Crippen molar-refractivity contribution in [3.05, 3.63) is 70.3 Å². The van der Waals surface area contributed by atoms with E-state index >= 15 is 0 Å².